The SMILES string of the molecule is NCc1ccc2c(c1)nc(C1CCCCS1)n2C1CC1. The van der Waals surface area contributed by atoms with E-state index in [4.69, 9.17) is 10.7 Å². The Morgan fingerprint density at radius 1 is 1.25 bits per heavy atom. The Balaban J connectivity index is 1.83. The smallest absolute Gasteiger partial charge is 0.123 e. The number of thioether (sulfide) groups is 1. The van der Waals surface area contributed by atoms with Crippen LogP contribution in [0.5, 0.6) is 0 Å². The molecule has 0 bridgehead atoms. The number of nitrogens with two attached hydrogens (primary N) is 1. The number of hydrogen-bond acceptors (Lipinski definition) is 3. The lowest BCUT2D eigenvalue weighted by molar-refractivity contribution is 0.619. The molecule has 1 saturated heterocycles. The van der Waals surface area contributed by atoms with Crippen LogP contribution in [0.4, 0.5) is 0 Å². The van der Waals surface area contributed by atoms with Gasteiger partial charge in [-0.3, -0.25) is 0 Å². The van der Waals surface area contributed by atoms with Crippen LogP contribution in [0.15, 0.2) is 18.2 Å². The second-order valence-electron chi connectivity index (χ2n) is 5.95. The number of nitrogens with zero attached hydrogens (tertiary/aromatic N) is 2. The van der Waals surface area contributed by atoms with E-state index in [2.05, 4.69) is 34.5 Å². The highest BCUT2D eigenvalue weighted by Gasteiger charge is 2.31. The van der Waals surface area contributed by atoms with Crippen LogP contribution in [0.3, 0.4) is 0 Å². The average molecular weight is 287 g/mol. The van der Waals surface area contributed by atoms with E-state index < -0.39 is 0 Å². The van der Waals surface area contributed by atoms with Crippen molar-refractivity contribution in [1.29, 1.82) is 0 Å². The molecule has 2 N–H and O–H groups in total. The molecule has 2 fully saturated rings. The Morgan fingerprint density at radius 3 is 2.85 bits per heavy atom. The molecule has 4 rings (SSSR count). The number of benzene rings is 1. The molecule has 2 aliphatic rings. The fourth-order valence-corrected chi connectivity index (χ4v) is 4.48. The maximum absolute atomic E-state index is 5.76. The summed E-state index contributed by atoms with van der Waals surface area (Å²) in [5.74, 6) is 2.61. The number of hydrogen-bond donors (Lipinski definition) is 1. The molecular weight excluding hydrogens is 266 g/mol. The lowest BCUT2D eigenvalue weighted by Gasteiger charge is -2.21. The minimum absolute atomic E-state index is 0.595. The molecule has 0 spiro atoms. The van der Waals surface area contributed by atoms with Crippen molar-refractivity contribution in [2.75, 3.05) is 5.75 Å². The van der Waals surface area contributed by atoms with E-state index in [0.29, 0.717) is 17.8 Å². The Labute approximate surface area is 123 Å². The van der Waals surface area contributed by atoms with Gasteiger partial charge in [-0.05, 0) is 49.1 Å². The number of rotatable bonds is 3. The van der Waals surface area contributed by atoms with E-state index >= 15 is 0 Å². The zero-order valence-electron chi connectivity index (χ0n) is 11.7. The third-order valence-electron chi connectivity index (χ3n) is 4.40. The van der Waals surface area contributed by atoms with Gasteiger partial charge in [0, 0.05) is 12.6 Å². The van der Waals surface area contributed by atoms with E-state index in [9.17, 15) is 0 Å². The summed E-state index contributed by atoms with van der Waals surface area (Å²) in [7, 11) is 0. The van der Waals surface area contributed by atoms with Gasteiger partial charge in [0.15, 0.2) is 0 Å². The molecule has 2 heterocycles. The number of imidazole rings is 1. The minimum Gasteiger partial charge on any atom is -0.326 e. The van der Waals surface area contributed by atoms with Crippen LogP contribution in [-0.4, -0.2) is 15.3 Å². The Hall–Kier alpha value is -1.00. The first-order valence-electron chi connectivity index (χ1n) is 7.69. The maximum atomic E-state index is 5.76. The Bertz CT molecular complexity index is 624. The predicted octanol–water partition coefficient (Wildman–Crippen LogP) is 3.79. The molecule has 4 heteroatoms. The molecule has 0 amide bonds. The highest BCUT2D eigenvalue weighted by Crippen LogP contribution is 2.45. The molecule has 20 heavy (non-hydrogen) atoms. The van der Waals surface area contributed by atoms with E-state index in [1.165, 1.54) is 54.8 Å². The first kappa shape index (κ1) is 12.7. The third-order valence-corrected chi connectivity index (χ3v) is 5.77. The van der Waals surface area contributed by atoms with Crippen LogP contribution in [0.1, 0.15) is 54.8 Å². The maximum Gasteiger partial charge on any atom is 0.123 e. The summed E-state index contributed by atoms with van der Waals surface area (Å²) in [5.41, 5.74) is 9.39. The van der Waals surface area contributed by atoms with Gasteiger partial charge in [0.2, 0.25) is 0 Å². The molecule has 1 saturated carbocycles. The van der Waals surface area contributed by atoms with Gasteiger partial charge in [-0.2, -0.15) is 11.8 Å². The standard InChI is InChI=1S/C16H21N3S/c17-10-11-4-7-14-13(9-11)18-16(19(14)12-5-6-12)15-3-1-2-8-20-15/h4,7,9,12,15H,1-3,5-6,8,10,17H2. The van der Waals surface area contributed by atoms with Gasteiger partial charge in [-0.25, -0.2) is 4.98 Å². The summed E-state index contributed by atoms with van der Waals surface area (Å²) >= 11 is 2.09. The number of fused-ring (bicyclic) bond motifs is 1. The minimum atomic E-state index is 0.595. The molecule has 1 unspecified atom stereocenters. The average Bonchev–Trinajstić information content (AvgIpc) is 3.27. The zero-order chi connectivity index (χ0) is 13.5. The highest BCUT2D eigenvalue weighted by molar-refractivity contribution is 7.99. The van der Waals surface area contributed by atoms with Gasteiger partial charge in [-0.15, -0.1) is 0 Å². The first-order chi connectivity index (χ1) is 9.86. The lowest BCUT2D eigenvalue weighted by atomic mass is 10.2. The first-order valence-corrected chi connectivity index (χ1v) is 8.74. The number of aromatic nitrogens is 2. The summed E-state index contributed by atoms with van der Waals surface area (Å²) in [5, 5.41) is 0.595. The van der Waals surface area contributed by atoms with Crippen molar-refractivity contribution in [1.82, 2.24) is 9.55 Å². The van der Waals surface area contributed by atoms with Gasteiger partial charge in [0.1, 0.15) is 5.82 Å². The predicted molar refractivity (Wildman–Crippen MR) is 84.9 cm³/mol. The van der Waals surface area contributed by atoms with Gasteiger partial charge in [0.05, 0.1) is 16.3 Å². The summed E-state index contributed by atoms with van der Waals surface area (Å²) < 4.78 is 2.53. The molecule has 1 aromatic heterocycles. The summed E-state index contributed by atoms with van der Waals surface area (Å²) in [4.78, 5) is 4.99. The van der Waals surface area contributed by atoms with Crippen LogP contribution < -0.4 is 5.73 Å². The van der Waals surface area contributed by atoms with Crippen LogP contribution >= 0.6 is 11.8 Å². The van der Waals surface area contributed by atoms with Crippen molar-refractivity contribution in [3.05, 3.63) is 29.6 Å². The van der Waals surface area contributed by atoms with Gasteiger partial charge in [-0.1, -0.05) is 12.5 Å². The van der Waals surface area contributed by atoms with E-state index in [-0.39, 0.29) is 0 Å². The van der Waals surface area contributed by atoms with E-state index in [1.54, 1.807) is 0 Å². The summed E-state index contributed by atoms with van der Waals surface area (Å²) in [6, 6.07) is 7.24. The summed E-state index contributed by atoms with van der Waals surface area (Å²) in [6.07, 6.45) is 6.62. The molecule has 106 valence electrons. The van der Waals surface area contributed by atoms with Crippen molar-refractivity contribution in [3.63, 3.8) is 0 Å². The molecular formula is C16H21N3S. The van der Waals surface area contributed by atoms with Crippen molar-refractivity contribution < 1.29 is 0 Å². The highest BCUT2D eigenvalue weighted by atomic mass is 32.2. The quantitative estimate of drug-likeness (QED) is 0.934. The third kappa shape index (κ3) is 2.15. The molecule has 1 aliphatic carbocycles. The second-order valence-corrected chi connectivity index (χ2v) is 7.26. The van der Waals surface area contributed by atoms with Crippen molar-refractivity contribution in [3.8, 4) is 0 Å². The monoisotopic (exact) mass is 287 g/mol. The van der Waals surface area contributed by atoms with Gasteiger partial charge < -0.3 is 10.3 Å². The zero-order valence-corrected chi connectivity index (χ0v) is 12.5. The van der Waals surface area contributed by atoms with Crippen molar-refractivity contribution in [2.45, 2.75) is 49.9 Å². The van der Waals surface area contributed by atoms with Gasteiger partial charge >= 0.3 is 0 Å². The van der Waals surface area contributed by atoms with Crippen LogP contribution in [0.2, 0.25) is 0 Å². The van der Waals surface area contributed by atoms with Gasteiger partial charge in [0.25, 0.3) is 0 Å². The second kappa shape index (κ2) is 5.08. The molecule has 1 aliphatic heterocycles. The van der Waals surface area contributed by atoms with E-state index in [1.807, 2.05) is 0 Å². The lowest BCUT2D eigenvalue weighted by Crippen LogP contribution is -2.09. The molecule has 1 atom stereocenters. The fraction of sp³-hybridized carbons (Fsp3) is 0.562. The summed E-state index contributed by atoms with van der Waals surface area (Å²) in [6.45, 7) is 0.597. The fourth-order valence-electron chi connectivity index (χ4n) is 3.18. The molecule has 2 aromatic rings. The van der Waals surface area contributed by atoms with Crippen molar-refractivity contribution in [2.24, 2.45) is 5.73 Å². The van der Waals surface area contributed by atoms with Crippen LogP contribution in [0, 0.1) is 0 Å². The molecule has 3 nitrogen and oxygen atoms in total. The normalized spacial score (nSPS) is 23.4. The Morgan fingerprint density at radius 2 is 2.15 bits per heavy atom. The van der Waals surface area contributed by atoms with Crippen LogP contribution in [0.25, 0.3) is 11.0 Å². The molecule has 0 radical (unpaired) electrons. The topological polar surface area (TPSA) is 43.8 Å². The largest absolute Gasteiger partial charge is 0.326 e. The molecule has 1 aromatic carbocycles. The van der Waals surface area contributed by atoms with E-state index in [0.717, 1.165) is 5.52 Å². The van der Waals surface area contributed by atoms with Crippen LogP contribution in [-0.2, 0) is 6.54 Å². The Kier molecular flexibility index (Phi) is 3.23. The van der Waals surface area contributed by atoms with Crippen molar-refractivity contribution >= 4 is 22.8 Å².